The van der Waals surface area contributed by atoms with Gasteiger partial charge in [0.1, 0.15) is 24.3 Å². The molecule has 2 heterocycles. The highest BCUT2D eigenvalue weighted by molar-refractivity contribution is 6.33. The average Bonchev–Trinajstić information content (AvgIpc) is 3.21. The summed E-state index contributed by atoms with van der Waals surface area (Å²) in [6.45, 7) is 3.68. The molecule has 4 atom stereocenters. The highest BCUT2D eigenvalue weighted by Crippen LogP contribution is 2.41. The van der Waals surface area contributed by atoms with Gasteiger partial charge in [-0.1, -0.05) is 11.6 Å². The van der Waals surface area contributed by atoms with Crippen LogP contribution in [0.2, 0.25) is 5.15 Å². The van der Waals surface area contributed by atoms with Gasteiger partial charge < -0.3 is 24.5 Å². The minimum absolute atomic E-state index is 0.00739. The predicted octanol–water partition coefficient (Wildman–Crippen LogP) is 1.44. The monoisotopic (exact) mass is 439 g/mol. The molecule has 0 unspecified atom stereocenters. The van der Waals surface area contributed by atoms with Gasteiger partial charge in [-0.2, -0.15) is 9.97 Å². The number of carbonyl (C=O) groups is 3. The van der Waals surface area contributed by atoms with Crippen LogP contribution in [-0.2, 0) is 28.6 Å². The second-order valence-electron chi connectivity index (χ2n) is 7.08. The van der Waals surface area contributed by atoms with Crippen molar-refractivity contribution < 1.29 is 28.6 Å². The molecular formula is C18H22ClN5O6. The Labute approximate surface area is 176 Å². The molecule has 2 N–H and O–H groups in total. The van der Waals surface area contributed by atoms with Crippen molar-refractivity contribution in [1.29, 1.82) is 0 Å². The van der Waals surface area contributed by atoms with Crippen molar-refractivity contribution in [2.45, 2.75) is 51.9 Å². The van der Waals surface area contributed by atoms with Crippen molar-refractivity contribution in [1.82, 2.24) is 19.5 Å². The van der Waals surface area contributed by atoms with E-state index in [9.17, 15) is 14.4 Å². The molecule has 1 fully saturated rings. The van der Waals surface area contributed by atoms with Gasteiger partial charge in [0.2, 0.25) is 5.95 Å². The second kappa shape index (κ2) is 8.82. The lowest BCUT2D eigenvalue weighted by Crippen LogP contribution is -2.37. The topological polar surface area (TPSA) is 149 Å². The number of hydrogen-bond acceptors (Lipinski definition) is 10. The Hall–Kier alpha value is -2.95. The lowest BCUT2D eigenvalue weighted by molar-refractivity contribution is -0.166. The molecule has 0 aliphatic heterocycles. The van der Waals surface area contributed by atoms with Crippen LogP contribution in [0.15, 0.2) is 6.33 Å². The molecule has 0 saturated heterocycles. The molecule has 0 bridgehead atoms. The number of imidazole rings is 1. The van der Waals surface area contributed by atoms with Gasteiger partial charge in [0.15, 0.2) is 10.8 Å². The smallest absolute Gasteiger partial charge is 0.303 e. The van der Waals surface area contributed by atoms with E-state index in [1.165, 1.54) is 20.8 Å². The van der Waals surface area contributed by atoms with E-state index in [2.05, 4.69) is 15.0 Å². The molecule has 0 aromatic carbocycles. The SMILES string of the molecule is CC(=O)OC[C@@H](OC(C)=O)[C@H]1C[C@@H](n2cnc3c(Cl)nc(N)nc32)C[C@@H]1OC(C)=O. The van der Waals surface area contributed by atoms with Gasteiger partial charge in [0.05, 0.1) is 6.33 Å². The summed E-state index contributed by atoms with van der Waals surface area (Å²) in [5, 5.41) is 0.134. The summed E-state index contributed by atoms with van der Waals surface area (Å²) in [7, 11) is 0. The quantitative estimate of drug-likeness (QED) is 0.398. The lowest BCUT2D eigenvalue weighted by atomic mass is 9.98. The third-order valence-corrected chi connectivity index (χ3v) is 5.14. The van der Waals surface area contributed by atoms with E-state index in [0.717, 1.165) is 0 Å². The van der Waals surface area contributed by atoms with Crippen LogP contribution in [0.1, 0.15) is 39.7 Å². The zero-order valence-corrected chi connectivity index (χ0v) is 17.5. The summed E-state index contributed by atoms with van der Waals surface area (Å²) in [4.78, 5) is 46.9. The van der Waals surface area contributed by atoms with E-state index in [1.54, 1.807) is 10.9 Å². The Morgan fingerprint density at radius 2 is 1.93 bits per heavy atom. The maximum atomic E-state index is 11.7. The maximum Gasteiger partial charge on any atom is 0.303 e. The third-order valence-electron chi connectivity index (χ3n) is 4.88. The Morgan fingerprint density at radius 3 is 2.57 bits per heavy atom. The highest BCUT2D eigenvalue weighted by atomic mass is 35.5. The summed E-state index contributed by atoms with van der Waals surface area (Å²) in [6, 6.07) is -0.204. The minimum Gasteiger partial charge on any atom is -0.462 e. The summed E-state index contributed by atoms with van der Waals surface area (Å²) in [5.41, 5.74) is 6.57. The number of carbonyl (C=O) groups excluding carboxylic acids is 3. The zero-order valence-electron chi connectivity index (χ0n) is 16.7. The molecule has 1 aliphatic rings. The minimum atomic E-state index is -0.779. The number of fused-ring (bicyclic) bond motifs is 1. The summed E-state index contributed by atoms with van der Waals surface area (Å²) in [6.07, 6.45) is 1.08. The van der Waals surface area contributed by atoms with E-state index < -0.39 is 36.0 Å². The van der Waals surface area contributed by atoms with E-state index >= 15 is 0 Å². The molecule has 0 radical (unpaired) electrons. The number of aromatic nitrogens is 4. The van der Waals surface area contributed by atoms with Crippen LogP contribution in [0.3, 0.4) is 0 Å². The van der Waals surface area contributed by atoms with Crippen LogP contribution >= 0.6 is 11.6 Å². The molecule has 2 aromatic heterocycles. The first-order valence-corrected chi connectivity index (χ1v) is 9.66. The molecule has 1 aliphatic carbocycles. The van der Waals surface area contributed by atoms with Gasteiger partial charge in [-0.15, -0.1) is 0 Å². The second-order valence-corrected chi connectivity index (χ2v) is 7.44. The van der Waals surface area contributed by atoms with E-state index in [-0.39, 0.29) is 23.8 Å². The fraction of sp³-hybridized carbons (Fsp3) is 0.556. The number of nitrogen functional groups attached to an aromatic ring is 1. The Morgan fingerprint density at radius 1 is 1.20 bits per heavy atom. The molecule has 30 heavy (non-hydrogen) atoms. The molecule has 162 valence electrons. The van der Waals surface area contributed by atoms with E-state index in [4.69, 9.17) is 31.5 Å². The zero-order chi connectivity index (χ0) is 22.0. The molecule has 12 heteroatoms. The van der Waals surface area contributed by atoms with Crippen LogP contribution in [0.5, 0.6) is 0 Å². The number of rotatable bonds is 6. The summed E-state index contributed by atoms with van der Waals surface area (Å²) >= 11 is 6.10. The molecule has 0 amide bonds. The molecule has 2 aromatic rings. The summed E-state index contributed by atoms with van der Waals surface area (Å²) < 4.78 is 17.7. The Kier molecular flexibility index (Phi) is 6.40. The van der Waals surface area contributed by atoms with Crippen molar-refractivity contribution in [2.75, 3.05) is 12.3 Å². The Balaban J connectivity index is 1.92. The first-order valence-electron chi connectivity index (χ1n) is 9.29. The van der Waals surface area contributed by atoms with Crippen LogP contribution in [-0.4, -0.2) is 56.2 Å². The fourth-order valence-electron chi connectivity index (χ4n) is 3.79. The van der Waals surface area contributed by atoms with Gasteiger partial charge in [0.25, 0.3) is 0 Å². The van der Waals surface area contributed by atoms with E-state index in [1.807, 2.05) is 0 Å². The molecule has 1 saturated carbocycles. The number of esters is 3. The van der Waals surface area contributed by atoms with Crippen molar-refractivity contribution in [3.05, 3.63) is 11.5 Å². The molecule has 0 spiro atoms. The van der Waals surface area contributed by atoms with Crippen molar-refractivity contribution >= 4 is 46.6 Å². The maximum absolute atomic E-state index is 11.7. The number of hydrogen-bond donors (Lipinski definition) is 1. The fourth-order valence-corrected chi connectivity index (χ4v) is 4.01. The predicted molar refractivity (Wildman–Crippen MR) is 104 cm³/mol. The van der Waals surface area contributed by atoms with Crippen LogP contribution in [0, 0.1) is 5.92 Å². The van der Waals surface area contributed by atoms with Crippen LogP contribution in [0.25, 0.3) is 11.2 Å². The first kappa shape index (κ1) is 21.8. The first-order chi connectivity index (χ1) is 14.2. The van der Waals surface area contributed by atoms with E-state index in [0.29, 0.717) is 24.0 Å². The van der Waals surface area contributed by atoms with Crippen LogP contribution < -0.4 is 5.73 Å². The lowest BCUT2D eigenvalue weighted by Gasteiger charge is -2.27. The number of anilines is 1. The van der Waals surface area contributed by atoms with Gasteiger partial charge in [-0.05, 0) is 6.42 Å². The number of nitrogens with two attached hydrogens (primary N) is 1. The number of ether oxygens (including phenoxy) is 3. The summed E-state index contributed by atoms with van der Waals surface area (Å²) in [5.74, 6) is -1.90. The molecule has 11 nitrogen and oxygen atoms in total. The van der Waals surface area contributed by atoms with Gasteiger partial charge in [-0.25, -0.2) is 4.98 Å². The number of halogens is 1. The Bertz CT molecular complexity index is 979. The largest absolute Gasteiger partial charge is 0.462 e. The van der Waals surface area contributed by atoms with Crippen molar-refractivity contribution in [3.8, 4) is 0 Å². The van der Waals surface area contributed by atoms with Gasteiger partial charge in [-0.3, -0.25) is 14.4 Å². The highest BCUT2D eigenvalue weighted by Gasteiger charge is 2.44. The standard InChI is InChI=1S/C18H22ClN5O6/c1-8(25)28-6-14(30-10(3)27)12-4-11(5-13(12)29-9(2)26)24-7-21-15-16(19)22-18(20)23-17(15)24/h7,11-14H,4-6H2,1-3H3,(H2,20,22,23)/t11-,12+,13+,14-/m1/s1. The van der Waals surface area contributed by atoms with Gasteiger partial charge >= 0.3 is 17.9 Å². The third kappa shape index (κ3) is 4.78. The normalized spacial score (nSPS) is 21.9. The van der Waals surface area contributed by atoms with Crippen molar-refractivity contribution in [3.63, 3.8) is 0 Å². The van der Waals surface area contributed by atoms with Crippen LogP contribution in [0.4, 0.5) is 5.95 Å². The van der Waals surface area contributed by atoms with Crippen molar-refractivity contribution in [2.24, 2.45) is 5.92 Å². The average molecular weight is 440 g/mol. The van der Waals surface area contributed by atoms with Gasteiger partial charge in [0, 0.05) is 39.2 Å². The molecular weight excluding hydrogens is 418 g/mol. The number of nitrogens with zero attached hydrogens (tertiary/aromatic N) is 4. The molecule has 3 rings (SSSR count).